The first kappa shape index (κ1) is 14.3. The Labute approximate surface area is 106 Å². The third kappa shape index (κ3) is 4.95. The van der Waals surface area contributed by atoms with Gasteiger partial charge in [0.05, 0.1) is 6.04 Å². The molecule has 98 valence electrons. The molecule has 1 amide bonds. The molecule has 17 heavy (non-hydrogen) atoms. The van der Waals surface area contributed by atoms with Crippen molar-refractivity contribution >= 4 is 23.6 Å². The zero-order chi connectivity index (χ0) is 13.1. The lowest BCUT2D eigenvalue weighted by molar-refractivity contribution is -0.120. The minimum absolute atomic E-state index is 0.0154. The first-order chi connectivity index (χ1) is 7.79. The van der Waals surface area contributed by atoms with Crippen LogP contribution in [0.25, 0.3) is 0 Å². The number of Topliss-reactive ketones (excluding diaryl/α,β-unsaturated/α-hetero) is 1. The minimum Gasteiger partial charge on any atom is -0.444 e. The zero-order valence-corrected chi connectivity index (χ0v) is 11.5. The standard InChI is InChI=1S/C11H20N2O3S/c1-7(8(14)9-12-5-6-17-9)13-10(15)16-11(2,3)4/h7,9,12H,5-6H2,1-4H3,(H,13,15)/t7-,9?/m0/s1. The highest BCUT2D eigenvalue weighted by Gasteiger charge is 2.29. The highest BCUT2D eigenvalue weighted by atomic mass is 32.2. The Balaban J connectivity index is 2.40. The second-order valence-corrected chi connectivity index (χ2v) is 6.19. The zero-order valence-electron chi connectivity index (χ0n) is 10.7. The largest absolute Gasteiger partial charge is 0.444 e. The van der Waals surface area contributed by atoms with Crippen LogP contribution >= 0.6 is 11.8 Å². The molecule has 2 N–H and O–H groups in total. The number of carbonyl (C=O) groups excluding carboxylic acids is 2. The number of ether oxygens (including phenoxy) is 1. The third-order valence-corrected chi connectivity index (χ3v) is 3.31. The van der Waals surface area contributed by atoms with Crippen molar-refractivity contribution in [2.24, 2.45) is 0 Å². The van der Waals surface area contributed by atoms with Gasteiger partial charge in [0.1, 0.15) is 11.0 Å². The van der Waals surface area contributed by atoms with Crippen LogP contribution in [-0.4, -0.2) is 41.2 Å². The van der Waals surface area contributed by atoms with Crippen LogP contribution in [0, 0.1) is 0 Å². The van der Waals surface area contributed by atoms with Crippen LogP contribution in [0.2, 0.25) is 0 Å². The Hall–Kier alpha value is -0.750. The summed E-state index contributed by atoms with van der Waals surface area (Å²) in [4.78, 5) is 23.4. The van der Waals surface area contributed by atoms with Crippen LogP contribution < -0.4 is 10.6 Å². The first-order valence-electron chi connectivity index (χ1n) is 5.68. The average Bonchev–Trinajstić information content (AvgIpc) is 2.65. The molecular formula is C11H20N2O3S. The van der Waals surface area contributed by atoms with Gasteiger partial charge >= 0.3 is 6.09 Å². The average molecular weight is 260 g/mol. The molecule has 0 aromatic rings. The summed E-state index contributed by atoms with van der Waals surface area (Å²) in [6, 6.07) is -0.534. The summed E-state index contributed by atoms with van der Waals surface area (Å²) in [5.41, 5.74) is -0.548. The smallest absolute Gasteiger partial charge is 0.408 e. The van der Waals surface area contributed by atoms with Crippen molar-refractivity contribution in [3.63, 3.8) is 0 Å². The maximum atomic E-state index is 11.9. The van der Waals surface area contributed by atoms with Crippen LogP contribution in [-0.2, 0) is 9.53 Å². The molecule has 0 aromatic carbocycles. The van der Waals surface area contributed by atoms with Gasteiger partial charge in [-0.3, -0.25) is 10.1 Å². The molecule has 1 fully saturated rings. The summed E-state index contributed by atoms with van der Waals surface area (Å²) >= 11 is 1.57. The van der Waals surface area contributed by atoms with Crippen molar-refractivity contribution in [1.29, 1.82) is 0 Å². The topological polar surface area (TPSA) is 67.4 Å². The summed E-state index contributed by atoms with van der Waals surface area (Å²) in [6.07, 6.45) is -0.554. The monoisotopic (exact) mass is 260 g/mol. The lowest BCUT2D eigenvalue weighted by Gasteiger charge is -2.22. The predicted octanol–water partition coefficient (Wildman–Crippen LogP) is 1.13. The van der Waals surface area contributed by atoms with Crippen molar-refractivity contribution in [3.05, 3.63) is 0 Å². The Morgan fingerprint density at radius 3 is 2.59 bits per heavy atom. The SMILES string of the molecule is C[C@H](NC(=O)OC(C)(C)C)C(=O)C1NCCS1. The lowest BCUT2D eigenvalue weighted by Crippen LogP contribution is -2.46. The Morgan fingerprint density at radius 2 is 2.12 bits per heavy atom. The number of amides is 1. The van der Waals surface area contributed by atoms with E-state index >= 15 is 0 Å². The maximum absolute atomic E-state index is 11.9. The second-order valence-electron chi connectivity index (χ2n) is 4.98. The molecule has 1 heterocycles. The number of nitrogens with one attached hydrogen (secondary N) is 2. The molecule has 1 saturated heterocycles. The maximum Gasteiger partial charge on any atom is 0.408 e. The van der Waals surface area contributed by atoms with Gasteiger partial charge in [-0.15, -0.1) is 11.8 Å². The van der Waals surface area contributed by atoms with E-state index in [0.717, 1.165) is 12.3 Å². The van der Waals surface area contributed by atoms with Crippen LogP contribution in [0.1, 0.15) is 27.7 Å². The second kappa shape index (κ2) is 5.73. The molecule has 1 rings (SSSR count). The molecule has 0 saturated carbocycles. The molecule has 2 atom stereocenters. The fraction of sp³-hybridized carbons (Fsp3) is 0.818. The van der Waals surface area contributed by atoms with E-state index in [0.29, 0.717) is 0 Å². The highest BCUT2D eigenvalue weighted by molar-refractivity contribution is 8.00. The van der Waals surface area contributed by atoms with Crippen molar-refractivity contribution < 1.29 is 14.3 Å². The van der Waals surface area contributed by atoms with Gasteiger partial charge < -0.3 is 10.1 Å². The number of carbonyl (C=O) groups is 2. The van der Waals surface area contributed by atoms with E-state index in [-0.39, 0.29) is 11.2 Å². The Bertz CT molecular complexity index is 296. The number of thioether (sulfide) groups is 1. The molecule has 0 radical (unpaired) electrons. The molecule has 5 nitrogen and oxygen atoms in total. The van der Waals surface area contributed by atoms with Crippen LogP contribution in [0.5, 0.6) is 0 Å². The normalized spacial score (nSPS) is 22.0. The molecular weight excluding hydrogens is 240 g/mol. The summed E-state index contributed by atoms with van der Waals surface area (Å²) in [5.74, 6) is 0.911. The number of alkyl carbamates (subject to hydrolysis) is 1. The minimum atomic E-state index is -0.554. The fourth-order valence-electron chi connectivity index (χ4n) is 1.39. The van der Waals surface area contributed by atoms with Crippen molar-refractivity contribution in [2.45, 2.75) is 44.7 Å². The quantitative estimate of drug-likeness (QED) is 0.796. The Kier molecular flexibility index (Phi) is 4.82. The number of hydrogen-bond acceptors (Lipinski definition) is 5. The van der Waals surface area contributed by atoms with Gasteiger partial charge in [-0.25, -0.2) is 4.79 Å². The van der Waals surface area contributed by atoms with Crippen molar-refractivity contribution in [3.8, 4) is 0 Å². The van der Waals surface area contributed by atoms with Gasteiger partial charge in [-0.2, -0.15) is 0 Å². The van der Waals surface area contributed by atoms with Crippen molar-refractivity contribution in [2.75, 3.05) is 12.3 Å². The third-order valence-electron chi connectivity index (χ3n) is 2.13. The molecule has 6 heteroatoms. The summed E-state index contributed by atoms with van der Waals surface area (Å²) in [7, 11) is 0. The highest BCUT2D eigenvalue weighted by Crippen LogP contribution is 2.16. The fourth-order valence-corrected chi connectivity index (χ4v) is 2.47. The number of hydrogen-bond donors (Lipinski definition) is 2. The summed E-state index contributed by atoms with van der Waals surface area (Å²) < 4.78 is 5.09. The molecule has 0 aromatic heterocycles. The van der Waals surface area contributed by atoms with E-state index in [1.54, 1.807) is 39.5 Å². The number of rotatable bonds is 3. The van der Waals surface area contributed by atoms with Gasteiger partial charge in [-0.05, 0) is 27.7 Å². The van der Waals surface area contributed by atoms with Gasteiger partial charge in [0.15, 0.2) is 5.78 Å². The van der Waals surface area contributed by atoms with Crippen LogP contribution in [0.15, 0.2) is 0 Å². The first-order valence-corrected chi connectivity index (χ1v) is 6.73. The van der Waals surface area contributed by atoms with Crippen molar-refractivity contribution in [1.82, 2.24) is 10.6 Å². The molecule has 0 spiro atoms. The van der Waals surface area contributed by atoms with E-state index < -0.39 is 17.7 Å². The summed E-state index contributed by atoms with van der Waals surface area (Å²) in [6.45, 7) is 7.86. The molecule has 1 unspecified atom stereocenters. The van der Waals surface area contributed by atoms with E-state index in [1.807, 2.05) is 0 Å². The molecule has 1 aliphatic heterocycles. The molecule has 1 aliphatic rings. The van der Waals surface area contributed by atoms with Gasteiger partial charge in [0, 0.05) is 12.3 Å². The lowest BCUT2D eigenvalue weighted by atomic mass is 10.2. The molecule has 0 bridgehead atoms. The van der Waals surface area contributed by atoms with Crippen LogP contribution in [0.4, 0.5) is 4.79 Å². The van der Waals surface area contributed by atoms with E-state index in [2.05, 4.69) is 10.6 Å². The van der Waals surface area contributed by atoms with Gasteiger partial charge in [0.25, 0.3) is 0 Å². The van der Waals surface area contributed by atoms with E-state index in [1.165, 1.54) is 0 Å². The van der Waals surface area contributed by atoms with E-state index in [4.69, 9.17) is 4.74 Å². The molecule has 0 aliphatic carbocycles. The van der Waals surface area contributed by atoms with Crippen LogP contribution in [0.3, 0.4) is 0 Å². The van der Waals surface area contributed by atoms with E-state index in [9.17, 15) is 9.59 Å². The summed E-state index contributed by atoms with van der Waals surface area (Å²) in [5, 5.41) is 5.42. The Morgan fingerprint density at radius 1 is 1.47 bits per heavy atom. The number of ketones is 1. The van der Waals surface area contributed by atoms with Gasteiger partial charge in [0.2, 0.25) is 0 Å². The van der Waals surface area contributed by atoms with Gasteiger partial charge in [-0.1, -0.05) is 0 Å². The predicted molar refractivity (Wildman–Crippen MR) is 68.1 cm³/mol.